The van der Waals surface area contributed by atoms with Crippen molar-refractivity contribution in [3.8, 4) is 11.5 Å². The average Bonchev–Trinajstić information content (AvgIpc) is 3.32. The van der Waals surface area contributed by atoms with E-state index < -0.39 is 7.26 Å². The highest BCUT2D eigenvalue weighted by atomic mass is 31.2. The summed E-state index contributed by atoms with van der Waals surface area (Å²) >= 11 is 0. The minimum absolute atomic E-state index is 0.480. The van der Waals surface area contributed by atoms with Crippen molar-refractivity contribution >= 4 is 34.5 Å². The van der Waals surface area contributed by atoms with Crippen molar-refractivity contribution in [1.29, 1.82) is 0 Å². The molecule has 5 aromatic rings. The second kappa shape index (κ2) is 8.80. The molecule has 3 N–H and O–H groups in total. The van der Waals surface area contributed by atoms with Crippen molar-refractivity contribution in [3.63, 3.8) is 0 Å². The van der Waals surface area contributed by atoms with Crippen LogP contribution in [0, 0.1) is 0 Å². The largest absolute Gasteiger partial charge is 0.415 e. The highest BCUT2D eigenvalue weighted by Gasteiger charge is 2.53. The summed E-state index contributed by atoms with van der Waals surface area (Å²) in [6.45, 7) is 0. The molecule has 0 aliphatic rings. The van der Waals surface area contributed by atoms with Gasteiger partial charge in [0.2, 0.25) is 5.89 Å². The van der Waals surface area contributed by atoms with Gasteiger partial charge in [-0.1, -0.05) is 72.8 Å². The molecule has 0 bridgehead atoms. The molecule has 0 saturated carbocycles. The quantitative estimate of drug-likeness (QED) is 0.237. The Kier molecular flexibility index (Phi) is 5.55. The molecule has 0 radical (unpaired) electrons. The number of anilines is 1. The molecule has 0 fully saturated rings. The number of rotatable bonds is 6. The number of nitrogen functional groups attached to an aromatic ring is 1. The number of benzene rings is 4. The average molecular weight is 436 g/mol. The van der Waals surface area contributed by atoms with E-state index >= 15 is 0 Å². The maximum absolute atomic E-state index is 6.20. The summed E-state index contributed by atoms with van der Waals surface area (Å²) in [4.78, 5) is 5.09. The number of nitrogens with two attached hydrogens (primary N) is 1. The van der Waals surface area contributed by atoms with Crippen molar-refractivity contribution in [3.05, 3.63) is 121 Å². The number of hydrogen-bond donors (Lipinski definition) is 2. The van der Waals surface area contributed by atoms with Gasteiger partial charge < -0.3 is 4.42 Å². The smallest absolute Gasteiger partial charge is 0.273 e. The Bertz CT molecular complexity index is 1190. The molecular formula is C27H23N3OP+. The van der Waals surface area contributed by atoms with Gasteiger partial charge in [-0.25, -0.2) is 5.84 Å². The van der Waals surface area contributed by atoms with Gasteiger partial charge in [-0.2, -0.15) is 4.98 Å². The second-order valence-electron chi connectivity index (χ2n) is 7.36. The fourth-order valence-corrected chi connectivity index (χ4v) is 8.25. The van der Waals surface area contributed by atoms with E-state index in [4.69, 9.17) is 15.2 Å². The number of aromatic nitrogens is 1. The van der Waals surface area contributed by atoms with E-state index in [0.717, 1.165) is 11.0 Å². The lowest BCUT2D eigenvalue weighted by atomic mass is 10.2. The molecule has 5 heteroatoms. The first-order valence-corrected chi connectivity index (χ1v) is 12.2. The lowest BCUT2D eigenvalue weighted by molar-refractivity contribution is 0.587. The summed E-state index contributed by atoms with van der Waals surface area (Å²) in [6.07, 6.45) is 0. The van der Waals surface area contributed by atoms with Crippen molar-refractivity contribution in [2.24, 2.45) is 5.84 Å². The molecule has 0 atom stereocenters. The molecule has 4 aromatic carbocycles. The predicted molar refractivity (Wildman–Crippen MR) is 135 cm³/mol. The number of hydrogen-bond acceptors (Lipinski definition) is 4. The van der Waals surface area contributed by atoms with E-state index in [1.165, 1.54) is 15.9 Å². The minimum atomic E-state index is -2.41. The van der Waals surface area contributed by atoms with Crippen molar-refractivity contribution in [2.45, 2.75) is 0 Å². The van der Waals surface area contributed by atoms with Crippen LogP contribution in [0.1, 0.15) is 0 Å². The number of nitrogens with zero attached hydrogens (tertiary/aromatic N) is 1. The molecule has 0 amide bonds. The lowest BCUT2D eigenvalue weighted by Gasteiger charge is -2.25. The molecule has 1 aromatic heterocycles. The fourth-order valence-electron chi connectivity index (χ4n) is 4.11. The normalized spacial score (nSPS) is 11.3. The Morgan fingerprint density at radius 1 is 0.594 bits per heavy atom. The van der Waals surface area contributed by atoms with Gasteiger partial charge in [0.25, 0.3) is 11.3 Å². The fraction of sp³-hybridized carbons (Fsp3) is 0. The van der Waals surface area contributed by atoms with Crippen LogP contribution >= 0.6 is 7.26 Å². The molecule has 4 nitrogen and oxygen atoms in total. The van der Waals surface area contributed by atoms with Crippen LogP contribution in [0.2, 0.25) is 0 Å². The third kappa shape index (κ3) is 3.40. The molecule has 0 saturated heterocycles. The molecule has 0 unspecified atom stereocenters. The van der Waals surface area contributed by atoms with Crippen molar-refractivity contribution in [1.82, 2.24) is 4.98 Å². The van der Waals surface area contributed by atoms with E-state index in [1.54, 1.807) is 0 Å². The van der Waals surface area contributed by atoms with Gasteiger partial charge in [0, 0.05) is 5.56 Å². The number of hydrazine groups is 1. The maximum atomic E-state index is 6.20. The Balaban J connectivity index is 1.89. The maximum Gasteiger partial charge on any atom is 0.273 e. The van der Waals surface area contributed by atoms with Gasteiger partial charge in [-0.15, -0.1) is 0 Å². The van der Waals surface area contributed by atoms with E-state index in [-0.39, 0.29) is 0 Å². The molecule has 32 heavy (non-hydrogen) atoms. The van der Waals surface area contributed by atoms with Crippen molar-refractivity contribution < 1.29 is 4.42 Å². The lowest BCUT2D eigenvalue weighted by Crippen LogP contribution is -2.40. The zero-order chi connectivity index (χ0) is 21.8. The summed E-state index contributed by atoms with van der Waals surface area (Å²) < 4.78 is 6.20. The third-order valence-electron chi connectivity index (χ3n) is 5.51. The summed E-state index contributed by atoms with van der Waals surface area (Å²) in [7, 11) is -2.41. The van der Waals surface area contributed by atoms with Gasteiger partial charge in [0.1, 0.15) is 15.9 Å². The summed E-state index contributed by atoms with van der Waals surface area (Å²) in [5.74, 6) is 7.03. The highest BCUT2D eigenvalue weighted by molar-refractivity contribution is 8.01. The second-order valence-corrected chi connectivity index (χ2v) is 10.7. The van der Waals surface area contributed by atoms with Gasteiger partial charge in [0.15, 0.2) is 7.26 Å². The first kappa shape index (κ1) is 20.2. The van der Waals surface area contributed by atoms with Crippen LogP contribution in [0.4, 0.5) is 5.88 Å². The summed E-state index contributed by atoms with van der Waals surface area (Å²) in [6, 6.07) is 41.5. The van der Waals surface area contributed by atoms with E-state index in [2.05, 4.69) is 78.2 Å². The van der Waals surface area contributed by atoms with Crippen LogP contribution in [-0.2, 0) is 0 Å². The topological polar surface area (TPSA) is 64.1 Å². The van der Waals surface area contributed by atoms with Crippen LogP contribution in [0.25, 0.3) is 11.5 Å². The Labute approximate surface area is 188 Å². The molecule has 0 spiro atoms. The van der Waals surface area contributed by atoms with Gasteiger partial charge in [0.05, 0.1) is 0 Å². The van der Waals surface area contributed by atoms with Crippen LogP contribution in [-0.4, -0.2) is 4.98 Å². The monoisotopic (exact) mass is 436 g/mol. The van der Waals surface area contributed by atoms with Crippen LogP contribution in [0.5, 0.6) is 0 Å². The minimum Gasteiger partial charge on any atom is -0.415 e. The van der Waals surface area contributed by atoms with E-state index in [9.17, 15) is 0 Å². The predicted octanol–water partition coefficient (Wildman–Crippen LogP) is 4.25. The summed E-state index contributed by atoms with van der Waals surface area (Å²) in [5, 5.41) is 3.55. The van der Waals surface area contributed by atoms with E-state index in [1.807, 2.05) is 48.5 Å². The molecular weight excluding hydrogens is 413 g/mol. The van der Waals surface area contributed by atoms with Gasteiger partial charge in [-0.05, 0) is 48.5 Å². The molecule has 0 aliphatic carbocycles. The van der Waals surface area contributed by atoms with Crippen LogP contribution in [0.3, 0.4) is 0 Å². The van der Waals surface area contributed by atoms with E-state index in [0.29, 0.717) is 11.8 Å². The Hall–Kier alpha value is -3.72. The molecule has 0 aliphatic heterocycles. The van der Waals surface area contributed by atoms with Gasteiger partial charge >= 0.3 is 0 Å². The van der Waals surface area contributed by atoms with Crippen molar-refractivity contribution in [2.75, 3.05) is 5.43 Å². The molecule has 5 rings (SSSR count). The van der Waals surface area contributed by atoms with Crippen LogP contribution in [0.15, 0.2) is 126 Å². The zero-order valence-corrected chi connectivity index (χ0v) is 18.3. The standard InChI is InChI=1S/C27H23N3OP/c28-30-26-27(29-25(31-26)21-13-5-1-6-14-21)32(22-15-7-2-8-16-22,23-17-9-3-10-18-23)24-19-11-4-12-20-24/h1-20,30H,28H2/q+1. The highest BCUT2D eigenvalue weighted by Crippen LogP contribution is 2.55. The summed E-state index contributed by atoms with van der Waals surface area (Å²) in [5.41, 5.74) is 4.53. The Morgan fingerprint density at radius 2 is 1.00 bits per heavy atom. The number of nitrogens with one attached hydrogen (secondary N) is 1. The first-order valence-electron chi connectivity index (χ1n) is 10.4. The zero-order valence-electron chi connectivity index (χ0n) is 17.4. The van der Waals surface area contributed by atoms with Gasteiger partial charge in [-0.3, -0.25) is 5.43 Å². The Morgan fingerprint density at radius 3 is 1.41 bits per heavy atom. The number of oxazole rings is 1. The first-order chi connectivity index (χ1) is 15.8. The SMILES string of the molecule is NNc1oc(-c2ccccc2)nc1[P+](c1ccccc1)(c1ccccc1)c1ccccc1. The van der Waals surface area contributed by atoms with Crippen LogP contribution < -0.4 is 32.6 Å². The molecule has 1 heterocycles. The third-order valence-corrected chi connectivity index (χ3v) is 9.67. The molecule has 156 valence electrons.